The predicted octanol–water partition coefficient (Wildman–Crippen LogP) is 3.28. The third-order valence-corrected chi connectivity index (χ3v) is 3.36. The molecule has 126 valence electrons. The third-order valence-electron chi connectivity index (χ3n) is 3.36. The summed E-state index contributed by atoms with van der Waals surface area (Å²) in [6, 6.07) is 16.1. The first-order valence-corrected chi connectivity index (χ1v) is 7.59. The van der Waals surface area contributed by atoms with Gasteiger partial charge in [-0.25, -0.2) is 9.78 Å². The van der Waals surface area contributed by atoms with Crippen LogP contribution in [0.15, 0.2) is 65.2 Å². The van der Waals surface area contributed by atoms with E-state index >= 15 is 0 Å². The number of para-hydroxylation sites is 1. The van der Waals surface area contributed by atoms with Crippen molar-refractivity contribution in [3.8, 4) is 17.1 Å². The highest BCUT2D eigenvalue weighted by Crippen LogP contribution is 2.20. The summed E-state index contributed by atoms with van der Waals surface area (Å²) >= 11 is 0. The zero-order valence-corrected chi connectivity index (χ0v) is 13.3. The fraction of sp³-hybridized carbons (Fsp3) is 0.105. The zero-order chi connectivity index (χ0) is 17.5. The summed E-state index contributed by atoms with van der Waals surface area (Å²) in [6.45, 7) is -0.401. The van der Waals surface area contributed by atoms with E-state index in [1.165, 1.54) is 0 Å². The monoisotopic (exact) mass is 337 g/mol. The van der Waals surface area contributed by atoms with E-state index < -0.39 is 5.97 Å². The van der Waals surface area contributed by atoms with Crippen LogP contribution in [0.1, 0.15) is 16.2 Å². The highest BCUT2D eigenvalue weighted by atomic mass is 16.6. The van der Waals surface area contributed by atoms with Crippen LogP contribution in [0.5, 0.6) is 5.75 Å². The Morgan fingerprint density at radius 3 is 2.64 bits per heavy atom. The molecule has 1 heterocycles. The molecule has 3 rings (SSSR count). The lowest BCUT2D eigenvalue weighted by Crippen LogP contribution is -2.15. The van der Waals surface area contributed by atoms with Crippen LogP contribution in [-0.4, -0.2) is 23.8 Å². The van der Waals surface area contributed by atoms with Crippen LogP contribution in [0.4, 0.5) is 0 Å². The van der Waals surface area contributed by atoms with Gasteiger partial charge >= 0.3 is 5.97 Å². The van der Waals surface area contributed by atoms with Gasteiger partial charge in [-0.1, -0.05) is 42.5 Å². The first-order chi connectivity index (χ1) is 12.3. The van der Waals surface area contributed by atoms with Gasteiger partial charge in [-0.3, -0.25) is 4.79 Å². The van der Waals surface area contributed by atoms with Crippen molar-refractivity contribution in [3.05, 3.63) is 72.2 Å². The number of carbonyl (C=O) groups excluding carboxylic acids is 2. The Labute approximate surface area is 144 Å². The smallest absolute Gasteiger partial charge is 0.344 e. The number of aldehydes is 1. The lowest BCUT2D eigenvalue weighted by atomic mass is 10.2. The van der Waals surface area contributed by atoms with Crippen molar-refractivity contribution in [3.63, 3.8) is 0 Å². The number of hydrogen-bond acceptors (Lipinski definition) is 6. The number of oxazole rings is 1. The van der Waals surface area contributed by atoms with Crippen LogP contribution >= 0.6 is 0 Å². The number of benzene rings is 2. The van der Waals surface area contributed by atoms with Gasteiger partial charge < -0.3 is 13.9 Å². The van der Waals surface area contributed by atoms with E-state index in [1.54, 1.807) is 30.5 Å². The van der Waals surface area contributed by atoms with Crippen LogP contribution in [0.25, 0.3) is 11.3 Å². The summed E-state index contributed by atoms with van der Waals surface area (Å²) in [7, 11) is 0. The summed E-state index contributed by atoms with van der Waals surface area (Å²) < 4.78 is 15.9. The van der Waals surface area contributed by atoms with Crippen molar-refractivity contribution in [2.24, 2.45) is 0 Å². The Kier molecular flexibility index (Phi) is 5.21. The standard InChI is InChI=1S/C19H15NO5/c21-11-15-8-4-5-9-16(15)23-13-19(22)24-12-18-20-10-17(25-18)14-6-2-1-3-7-14/h1-11H,12-13H2. The van der Waals surface area contributed by atoms with Crippen molar-refractivity contribution < 1.29 is 23.5 Å². The molecule has 0 spiro atoms. The number of ether oxygens (including phenoxy) is 2. The predicted molar refractivity (Wildman–Crippen MR) is 89.1 cm³/mol. The van der Waals surface area contributed by atoms with Gasteiger partial charge in [0.15, 0.2) is 25.3 Å². The van der Waals surface area contributed by atoms with Crippen molar-refractivity contribution in [2.75, 3.05) is 6.61 Å². The minimum Gasteiger partial charge on any atom is -0.481 e. The number of esters is 1. The third kappa shape index (κ3) is 4.32. The van der Waals surface area contributed by atoms with E-state index in [4.69, 9.17) is 13.9 Å². The second kappa shape index (κ2) is 7.92. The van der Waals surface area contributed by atoms with Gasteiger partial charge in [0.25, 0.3) is 0 Å². The van der Waals surface area contributed by atoms with Gasteiger partial charge in [-0.05, 0) is 12.1 Å². The molecule has 0 unspecified atom stereocenters. The van der Waals surface area contributed by atoms with Crippen LogP contribution in [-0.2, 0) is 16.1 Å². The van der Waals surface area contributed by atoms with Crippen molar-refractivity contribution in [1.82, 2.24) is 4.98 Å². The van der Waals surface area contributed by atoms with E-state index in [0.717, 1.165) is 5.56 Å². The molecule has 0 aliphatic heterocycles. The maximum atomic E-state index is 11.8. The molecule has 0 saturated heterocycles. The zero-order valence-electron chi connectivity index (χ0n) is 13.3. The van der Waals surface area contributed by atoms with E-state index in [-0.39, 0.29) is 13.2 Å². The summed E-state index contributed by atoms with van der Waals surface area (Å²) in [5, 5.41) is 0. The Hall–Kier alpha value is -3.41. The quantitative estimate of drug-likeness (QED) is 0.486. The van der Waals surface area contributed by atoms with Gasteiger partial charge in [0.1, 0.15) is 5.75 Å². The summed E-state index contributed by atoms with van der Waals surface area (Å²) in [6.07, 6.45) is 2.24. The van der Waals surface area contributed by atoms with E-state index in [1.807, 2.05) is 30.3 Å². The molecule has 25 heavy (non-hydrogen) atoms. The second-order valence-electron chi connectivity index (χ2n) is 5.09. The van der Waals surface area contributed by atoms with Gasteiger partial charge in [-0.15, -0.1) is 0 Å². The minimum absolute atomic E-state index is 0.0929. The molecule has 0 amide bonds. The molecule has 0 N–H and O–H groups in total. The average molecular weight is 337 g/mol. The maximum Gasteiger partial charge on any atom is 0.344 e. The second-order valence-corrected chi connectivity index (χ2v) is 5.09. The number of nitrogens with zero attached hydrogens (tertiary/aromatic N) is 1. The first kappa shape index (κ1) is 16.4. The van der Waals surface area contributed by atoms with E-state index in [9.17, 15) is 9.59 Å². The molecule has 0 saturated carbocycles. The molecular weight excluding hydrogens is 322 g/mol. The van der Waals surface area contributed by atoms with Gasteiger partial charge in [0, 0.05) is 5.56 Å². The number of carbonyl (C=O) groups is 2. The van der Waals surface area contributed by atoms with Gasteiger partial charge in [0.2, 0.25) is 5.89 Å². The Morgan fingerprint density at radius 1 is 1.08 bits per heavy atom. The van der Waals surface area contributed by atoms with Crippen LogP contribution in [0.3, 0.4) is 0 Å². The molecule has 6 nitrogen and oxygen atoms in total. The molecule has 0 aliphatic carbocycles. The highest BCUT2D eigenvalue weighted by molar-refractivity contribution is 5.79. The normalized spacial score (nSPS) is 10.2. The average Bonchev–Trinajstić information content (AvgIpc) is 3.14. The van der Waals surface area contributed by atoms with E-state index in [2.05, 4.69) is 4.98 Å². The first-order valence-electron chi connectivity index (χ1n) is 7.59. The number of hydrogen-bond donors (Lipinski definition) is 0. The lowest BCUT2D eigenvalue weighted by molar-refractivity contribution is -0.148. The molecule has 3 aromatic rings. The molecule has 6 heteroatoms. The Bertz CT molecular complexity index is 857. The highest BCUT2D eigenvalue weighted by Gasteiger charge is 2.11. The molecule has 0 bridgehead atoms. The maximum absolute atomic E-state index is 11.8. The fourth-order valence-electron chi connectivity index (χ4n) is 2.14. The molecule has 0 fully saturated rings. The number of rotatable bonds is 7. The van der Waals surface area contributed by atoms with Crippen LogP contribution in [0, 0.1) is 0 Å². The summed E-state index contributed by atoms with van der Waals surface area (Å²) in [5.41, 5.74) is 1.26. The largest absolute Gasteiger partial charge is 0.481 e. The van der Waals surface area contributed by atoms with Crippen molar-refractivity contribution in [1.29, 1.82) is 0 Å². The summed E-state index contributed by atoms with van der Waals surface area (Å²) in [4.78, 5) is 26.7. The SMILES string of the molecule is O=Cc1ccccc1OCC(=O)OCc1ncc(-c2ccccc2)o1. The fourth-order valence-corrected chi connectivity index (χ4v) is 2.14. The number of aromatic nitrogens is 1. The van der Waals surface area contributed by atoms with Crippen molar-refractivity contribution >= 4 is 12.3 Å². The van der Waals surface area contributed by atoms with Crippen molar-refractivity contribution in [2.45, 2.75) is 6.61 Å². The minimum atomic E-state index is -0.583. The molecule has 0 aliphatic rings. The van der Waals surface area contributed by atoms with Crippen LogP contribution < -0.4 is 4.74 Å². The Morgan fingerprint density at radius 2 is 1.84 bits per heavy atom. The van der Waals surface area contributed by atoms with Gasteiger partial charge in [0.05, 0.1) is 11.8 Å². The van der Waals surface area contributed by atoms with Gasteiger partial charge in [-0.2, -0.15) is 0 Å². The molecule has 0 radical (unpaired) electrons. The van der Waals surface area contributed by atoms with E-state index in [0.29, 0.717) is 29.3 Å². The molecule has 2 aromatic carbocycles. The van der Waals surface area contributed by atoms with Crippen LogP contribution in [0.2, 0.25) is 0 Å². The lowest BCUT2D eigenvalue weighted by Gasteiger charge is -2.07. The molecular formula is C19H15NO5. The molecule has 0 atom stereocenters. The molecule has 1 aromatic heterocycles. The summed E-state index contributed by atoms with van der Waals surface area (Å²) in [5.74, 6) is 0.639. The Balaban J connectivity index is 1.51. The topological polar surface area (TPSA) is 78.6 Å².